The molecule has 0 aliphatic heterocycles. The number of fused-ring (bicyclic) bond motifs is 3. The van der Waals surface area contributed by atoms with Gasteiger partial charge in [0, 0.05) is 25.4 Å². The molecule has 3 heteroatoms. The molecule has 44 heavy (non-hydrogen) atoms. The molecule has 0 atom stereocenters. The zero-order valence-corrected chi connectivity index (χ0v) is 24.8. The predicted molar refractivity (Wildman–Crippen MR) is 185 cm³/mol. The number of aromatic nitrogens is 1. The molecule has 1 aromatic heterocycles. The van der Waals surface area contributed by atoms with E-state index in [1.165, 1.54) is 39.6 Å². The van der Waals surface area contributed by atoms with Crippen LogP contribution in [-0.4, -0.2) is 18.2 Å². The Hall–Kier alpha value is -5.54. The van der Waals surface area contributed by atoms with E-state index in [9.17, 15) is 0 Å². The minimum absolute atomic E-state index is 0.406. The molecular weight excluding hydrogens is 534 g/mol. The molecule has 1 heterocycles. The molecule has 2 N–H and O–H groups in total. The molecule has 0 saturated carbocycles. The van der Waals surface area contributed by atoms with E-state index in [0.717, 1.165) is 28.9 Å². The van der Waals surface area contributed by atoms with Gasteiger partial charge in [0.1, 0.15) is 0 Å². The lowest BCUT2D eigenvalue weighted by molar-refractivity contribution is 0.768. The number of benzene rings is 4. The highest BCUT2D eigenvalue weighted by Gasteiger charge is 2.45. The van der Waals surface area contributed by atoms with Gasteiger partial charge >= 0.3 is 0 Å². The Morgan fingerprint density at radius 3 is 2.00 bits per heavy atom. The Labute approximate surface area is 260 Å². The largest absolute Gasteiger partial charge is 0.394 e. The fraction of sp³-hybridized carbons (Fsp3) is 0.0732. The lowest BCUT2D eigenvalue weighted by atomic mass is 9.67. The molecule has 4 aromatic carbocycles. The quantitative estimate of drug-likeness (QED) is 0.128. The van der Waals surface area contributed by atoms with Gasteiger partial charge in [0.15, 0.2) is 0 Å². The molecule has 0 amide bonds. The third kappa shape index (κ3) is 5.48. The van der Waals surface area contributed by atoms with Crippen molar-refractivity contribution >= 4 is 12.3 Å². The first-order valence-corrected chi connectivity index (χ1v) is 14.9. The highest BCUT2D eigenvalue weighted by atomic mass is 14.8. The third-order valence-corrected chi connectivity index (χ3v) is 8.13. The molecule has 6 rings (SSSR count). The molecule has 0 spiro atoms. The summed E-state index contributed by atoms with van der Waals surface area (Å²) < 4.78 is 0. The summed E-state index contributed by atoms with van der Waals surface area (Å²) in [6.07, 6.45) is 17.5. The van der Waals surface area contributed by atoms with Crippen molar-refractivity contribution < 1.29 is 0 Å². The van der Waals surface area contributed by atoms with E-state index in [2.05, 4.69) is 127 Å². The van der Waals surface area contributed by atoms with Crippen molar-refractivity contribution in [3.05, 3.63) is 192 Å². The molecule has 3 nitrogen and oxygen atoms in total. The lowest BCUT2D eigenvalue weighted by Gasteiger charge is -2.34. The van der Waals surface area contributed by atoms with Crippen LogP contribution in [0.1, 0.15) is 33.6 Å². The molecular formula is C41H35N3. The van der Waals surface area contributed by atoms with Gasteiger partial charge in [0.25, 0.3) is 0 Å². The summed E-state index contributed by atoms with van der Waals surface area (Å²) in [7, 11) is 1.89. The highest BCUT2D eigenvalue weighted by Crippen LogP contribution is 2.55. The molecule has 0 unspecified atom stereocenters. The van der Waals surface area contributed by atoms with Gasteiger partial charge in [-0.1, -0.05) is 127 Å². The molecule has 5 aromatic rings. The van der Waals surface area contributed by atoms with Gasteiger partial charge < -0.3 is 10.7 Å². The summed E-state index contributed by atoms with van der Waals surface area (Å²) in [6.45, 7) is 0. The first-order chi connectivity index (χ1) is 21.8. The highest BCUT2D eigenvalue weighted by molar-refractivity contribution is 5.86. The number of hydrogen-bond acceptors (Lipinski definition) is 3. The number of nitrogens with one attached hydrogen (secondary N) is 2. The zero-order chi connectivity index (χ0) is 30.2. The normalized spacial score (nSPS) is 13.6. The van der Waals surface area contributed by atoms with E-state index in [4.69, 9.17) is 10.4 Å². The number of pyridine rings is 1. The van der Waals surface area contributed by atoms with Crippen molar-refractivity contribution in [3.63, 3.8) is 0 Å². The Kier molecular flexibility index (Phi) is 8.56. The number of allylic oxidation sites excluding steroid dienone is 6. The second kappa shape index (κ2) is 13.2. The van der Waals surface area contributed by atoms with Gasteiger partial charge in [0.2, 0.25) is 0 Å². The minimum Gasteiger partial charge on any atom is -0.394 e. The van der Waals surface area contributed by atoms with Crippen LogP contribution in [0.25, 0.3) is 28.3 Å². The monoisotopic (exact) mass is 569 g/mol. The second-order valence-electron chi connectivity index (χ2n) is 10.7. The Bertz CT molecular complexity index is 1830. The van der Waals surface area contributed by atoms with Crippen LogP contribution in [0.2, 0.25) is 0 Å². The summed E-state index contributed by atoms with van der Waals surface area (Å²) in [4.78, 5) is 4.89. The lowest BCUT2D eigenvalue weighted by Crippen LogP contribution is -2.28. The van der Waals surface area contributed by atoms with Crippen molar-refractivity contribution in [2.75, 3.05) is 7.05 Å². The smallest absolute Gasteiger partial charge is 0.0713 e. The van der Waals surface area contributed by atoms with E-state index in [-0.39, 0.29) is 0 Å². The minimum atomic E-state index is -0.406. The van der Waals surface area contributed by atoms with E-state index in [1.54, 1.807) is 6.08 Å². The van der Waals surface area contributed by atoms with Crippen molar-refractivity contribution in [1.82, 2.24) is 10.3 Å². The molecule has 0 fully saturated rings. The number of hydrogen-bond donors (Lipinski definition) is 2. The standard InChI is InChI=1S/C41H35N3/c1-43-28-14-4-8-18-36-30-32(29-35(44-36)17-7-3-13-27-42)31-23-25-34(26-24-31)41(33-15-5-2-6-16-33)39-21-11-9-19-37(39)38-20-10-12-22-40(38)41/h2-17,19-30,42-43H,18H2,1H3/b8-4-,13-3-,17-7+,28-14-,42-27?. The summed E-state index contributed by atoms with van der Waals surface area (Å²) in [6, 6.07) is 42.0. The van der Waals surface area contributed by atoms with Crippen molar-refractivity contribution in [2.45, 2.75) is 11.8 Å². The van der Waals surface area contributed by atoms with Crippen LogP contribution in [0.15, 0.2) is 158 Å². The molecule has 214 valence electrons. The topological polar surface area (TPSA) is 48.8 Å². The fourth-order valence-corrected chi connectivity index (χ4v) is 6.29. The maximum Gasteiger partial charge on any atom is 0.0713 e. The first kappa shape index (κ1) is 28.6. The van der Waals surface area contributed by atoms with Crippen LogP contribution in [-0.2, 0) is 11.8 Å². The van der Waals surface area contributed by atoms with Crippen molar-refractivity contribution in [3.8, 4) is 22.3 Å². The van der Waals surface area contributed by atoms with E-state index < -0.39 is 5.41 Å². The summed E-state index contributed by atoms with van der Waals surface area (Å²) in [5.74, 6) is 0. The van der Waals surface area contributed by atoms with Crippen LogP contribution in [0.5, 0.6) is 0 Å². The average molecular weight is 570 g/mol. The van der Waals surface area contributed by atoms with Crippen LogP contribution in [0.4, 0.5) is 0 Å². The van der Waals surface area contributed by atoms with Crippen LogP contribution >= 0.6 is 0 Å². The van der Waals surface area contributed by atoms with Gasteiger partial charge in [-0.05, 0) is 81.1 Å². The van der Waals surface area contributed by atoms with Gasteiger partial charge in [-0.2, -0.15) is 0 Å². The van der Waals surface area contributed by atoms with Crippen molar-refractivity contribution in [1.29, 1.82) is 5.41 Å². The molecule has 0 radical (unpaired) electrons. The third-order valence-electron chi connectivity index (χ3n) is 8.13. The Morgan fingerprint density at radius 1 is 0.659 bits per heavy atom. The van der Waals surface area contributed by atoms with Crippen LogP contribution in [0.3, 0.4) is 0 Å². The van der Waals surface area contributed by atoms with E-state index in [0.29, 0.717) is 0 Å². The fourth-order valence-electron chi connectivity index (χ4n) is 6.29. The second-order valence-corrected chi connectivity index (χ2v) is 10.7. The molecule has 1 aliphatic carbocycles. The maximum atomic E-state index is 7.24. The summed E-state index contributed by atoms with van der Waals surface area (Å²) in [5, 5.41) is 10.2. The van der Waals surface area contributed by atoms with Crippen LogP contribution in [0, 0.1) is 5.41 Å². The van der Waals surface area contributed by atoms with Gasteiger partial charge in [-0.3, -0.25) is 4.98 Å². The Balaban J connectivity index is 1.45. The summed E-state index contributed by atoms with van der Waals surface area (Å²) in [5.41, 5.74) is 11.5. The van der Waals surface area contributed by atoms with Crippen molar-refractivity contribution in [2.24, 2.45) is 0 Å². The van der Waals surface area contributed by atoms with E-state index in [1.807, 2.05) is 43.6 Å². The van der Waals surface area contributed by atoms with Crippen LogP contribution < -0.4 is 5.32 Å². The molecule has 0 saturated heterocycles. The SMILES string of the molecule is CN/C=C\C=C/Cc1cc(-c2ccc(C3(c4ccccc4)c4ccccc4-c4ccccc43)cc2)cc(/C=C/C=C\C=N)n1. The predicted octanol–water partition coefficient (Wildman–Crippen LogP) is 9.16. The van der Waals surface area contributed by atoms with E-state index >= 15 is 0 Å². The molecule has 0 bridgehead atoms. The molecule has 1 aliphatic rings. The van der Waals surface area contributed by atoms with Gasteiger partial charge in [-0.25, -0.2) is 0 Å². The first-order valence-electron chi connectivity index (χ1n) is 14.9. The average Bonchev–Trinajstić information content (AvgIpc) is 3.38. The zero-order valence-electron chi connectivity index (χ0n) is 24.8. The number of rotatable bonds is 10. The van der Waals surface area contributed by atoms with Gasteiger partial charge in [-0.15, -0.1) is 0 Å². The van der Waals surface area contributed by atoms with Gasteiger partial charge in [0.05, 0.1) is 11.1 Å². The summed E-state index contributed by atoms with van der Waals surface area (Å²) >= 11 is 0. The number of nitrogens with zero attached hydrogens (tertiary/aromatic N) is 1. The Morgan fingerprint density at radius 2 is 1.32 bits per heavy atom. The maximum absolute atomic E-state index is 7.24.